The van der Waals surface area contributed by atoms with E-state index in [-0.39, 0.29) is 52.6 Å². The molecule has 2 unspecified atom stereocenters. The highest BCUT2D eigenvalue weighted by atomic mass is 16.5. The van der Waals surface area contributed by atoms with Gasteiger partial charge in [0.15, 0.2) is 0 Å². The van der Waals surface area contributed by atoms with E-state index in [1.807, 2.05) is 24.3 Å². The molecule has 12 heteroatoms. The predicted molar refractivity (Wildman–Crippen MR) is 403 cm³/mol. The first-order chi connectivity index (χ1) is 48.4. The number of ether oxygens (including phenoxy) is 1. The molecule has 0 spiro atoms. The first-order valence-corrected chi connectivity index (χ1v) is 38.2. The number of aromatic nitrogens is 3. The summed E-state index contributed by atoms with van der Waals surface area (Å²) in [6.07, 6.45) is 33.9. The summed E-state index contributed by atoms with van der Waals surface area (Å²) >= 11 is 0. The third-order valence-corrected chi connectivity index (χ3v) is 21.9. The van der Waals surface area contributed by atoms with E-state index in [9.17, 15) is 40.9 Å². The summed E-state index contributed by atoms with van der Waals surface area (Å²) in [7, 11) is 0. The van der Waals surface area contributed by atoms with Crippen LogP contribution in [0, 0.1) is 0 Å². The van der Waals surface area contributed by atoms with Gasteiger partial charge in [-0.25, -0.2) is 4.68 Å². The van der Waals surface area contributed by atoms with Crippen molar-refractivity contribution in [3.63, 3.8) is 0 Å². The molecule has 1 heterocycles. The Kier molecular flexibility index (Phi) is 25.5. The van der Waals surface area contributed by atoms with E-state index in [1.54, 1.807) is 10.9 Å². The number of aromatic hydroxyl groups is 8. The zero-order valence-corrected chi connectivity index (χ0v) is 59.2. The Labute approximate surface area is 587 Å². The summed E-state index contributed by atoms with van der Waals surface area (Å²) in [5.74, 6) is -3.40. The SMILES string of the molecule is CCCCCCCCCCCC1c2cc(c(O)cc2O)C(CCCCCCCCCCC)c2cc(c(O)cc2O)C(CCCn2cc(OCc3ccc4c5cccc6cccc(c7cccc3c74)c65)nn2)c2cc(c(O)cc2O)C(CCCCCCCCCCC)c2cc1c(O)cc2O. The van der Waals surface area contributed by atoms with E-state index in [2.05, 4.69) is 97.8 Å². The second kappa shape index (κ2) is 35.1. The Morgan fingerprint density at radius 2 is 0.626 bits per heavy atom. The van der Waals surface area contributed by atoms with Crippen LogP contribution in [0.5, 0.6) is 51.9 Å². The van der Waals surface area contributed by atoms with Gasteiger partial charge in [0.2, 0.25) is 0 Å². The van der Waals surface area contributed by atoms with Gasteiger partial charge in [-0.15, -0.1) is 0 Å². The maximum absolute atomic E-state index is 12.4. The number of fused-ring (bicyclic) bond motifs is 10. The Morgan fingerprint density at radius 1 is 0.323 bits per heavy atom. The summed E-state index contributed by atoms with van der Waals surface area (Å²) in [6.45, 7) is 7.34. The average molecular weight is 1340 g/mol. The lowest BCUT2D eigenvalue weighted by molar-refractivity contribution is 0.295. The van der Waals surface area contributed by atoms with Crippen molar-refractivity contribution < 1.29 is 45.6 Å². The summed E-state index contributed by atoms with van der Waals surface area (Å²) in [4.78, 5) is 0. The molecule has 8 N–H and O–H groups in total. The highest BCUT2D eigenvalue weighted by Gasteiger charge is 2.34. The van der Waals surface area contributed by atoms with Crippen molar-refractivity contribution in [1.82, 2.24) is 15.0 Å². The molecular formula is C87H109N3O9. The minimum Gasteiger partial charge on any atom is -0.508 e. The van der Waals surface area contributed by atoms with Gasteiger partial charge in [-0.2, -0.15) is 0 Å². The zero-order valence-electron chi connectivity index (χ0n) is 59.2. The second-order valence-corrected chi connectivity index (χ2v) is 28.9. The molecule has 1 aromatic heterocycles. The lowest BCUT2D eigenvalue weighted by atomic mass is 9.76. The lowest BCUT2D eigenvalue weighted by Gasteiger charge is -2.29. The Morgan fingerprint density at radius 3 is 0.990 bits per heavy atom. The number of hydrogen-bond acceptors (Lipinski definition) is 11. The smallest absolute Gasteiger partial charge is 0.253 e. The van der Waals surface area contributed by atoms with Gasteiger partial charge in [-0.3, -0.25) is 0 Å². The molecule has 99 heavy (non-hydrogen) atoms. The van der Waals surface area contributed by atoms with E-state index < -0.39 is 23.7 Å². The summed E-state index contributed by atoms with van der Waals surface area (Å²) < 4.78 is 8.19. The summed E-state index contributed by atoms with van der Waals surface area (Å²) in [5.41, 5.74) is 4.91. The van der Waals surface area contributed by atoms with E-state index >= 15 is 0 Å². The van der Waals surface area contributed by atoms with Crippen molar-refractivity contribution in [3.8, 4) is 51.9 Å². The number of phenolic OH excluding ortho intramolecular Hbond substituents is 8. The number of aryl methyl sites for hydroxylation is 1. The number of unbranched alkanes of at least 4 members (excludes halogenated alkanes) is 24. The van der Waals surface area contributed by atoms with E-state index in [1.165, 1.54) is 158 Å². The van der Waals surface area contributed by atoms with Gasteiger partial charge in [0.05, 0.1) is 6.20 Å². The molecule has 0 saturated carbocycles. The second-order valence-electron chi connectivity index (χ2n) is 28.9. The fraction of sp³-hybridized carbons (Fsp3) is 0.471. The van der Waals surface area contributed by atoms with Crippen molar-refractivity contribution >= 4 is 43.1 Å². The van der Waals surface area contributed by atoms with Crippen molar-refractivity contribution in [2.75, 3.05) is 0 Å². The third-order valence-electron chi connectivity index (χ3n) is 21.9. The molecule has 1 aliphatic rings. The first kappa shape index (κ1) is 71.9. The number of benzene rings is 9. The van der Waals surface area contributed by atoms with Crippen molar-refractivity contribution in [1.29, 1.82) is 0 Å². The Balaban J connectivity index is 0.954. The van der Waals surface area contributed by atoms with Crippen molar-refractivity contribution in [3.05, 3.63) is 172 Å². The fourth-order valence-electron chi connectivity index (χ4n) is 16.5. The van der Waals surface area contributed by atoms with Crippen LogP contribution in [0.4, 0.5) is 0 Å². The third kappa shape index (κ3) is 17.3. The summed E-state index contributed by atoms with van der Waals surface area (Å²) in [6, 6.07) is 36.8. The predicted octanol–water partition coefficient (Wildman–Crippen LogP) is 23.6. The Hall–Kier alpha value is -8.38. The van der Waals surface area contributed by atoms with Gasteiger partial charge in [-0.1, -0.05) is 271 Å². The molecule has 0 fully saturated rings. The standard InChI is InChI=1S/C87H109N3O9/c1-4-7-10-13-16-19-22-25-28-37-61-69-48-71(79(93)52-77(69)91)62(38-29-26-23-20-17-14-11-8-5-2)73-50-75(83(97)54-81(73)95)64(76-51-74(82(96)55-84(76)98)63(72-49-70(61)78(92)53-80(72)94)39-30-27-24-21-18-15-12-9-6-3)44-34-47-90-56-85(88-89-90)99-57-59-45-46-68-66-42-32-36-58-35-31-41-65(86(58)66)67-43-33-40-60(59)87(67)68/h31-33,35-36,40-43,45-46,48-56,61-64,91-98H,4-30,34,37-39,44,47,57H2,1-3H3. The molecule has 0 aliphatic heterocycles. The van der Waals surface area contributed by atoms with Crippen LogP contribution in [0.25, 0.3) is 43.1 Å². The molecule has 0 amide bonds. The van der Waals surface area contributed by atoms with E-state index in [4.69, 9.17) is 4.74 Å². The first-order valence-electron chi connectivity index (χ1n) is 38.2. The lowest BCUT2D eigenvalue weighted by Crippen LogP contribution is -2.12. The molecule has 1 aliphatic carbocycles. The van der Waals surface area contributed by atoms with Crippen molar-refractivity contribution in [2.45, 2.75) is 263 Å². The van der Waals surface area contributed by atoms with Crippen molar-refractivity contribution in [2.24, 2.45) is 0 Å². The monoisotopic (exact) mass is 1340 g/mol. The molecule has 2 atom stereocenters. The number of phenols is 8. The van der Waals surface area contributed by atoms with Crippen LogP contribution in [0.2, 0.25) is 0 Å². The summed E-state index contributed by atoms with van der Waals surface area (Å²) in [5, 5.41) is 117. The van der Waals surface area contributed by atoms with Gasteiger partial charge in [0.25, 0.3) is 5.88 Å². The average Bonchev–Trinajstić information content (AvgIpc) is 0.970. The van der Waals surface area contributed by atoms with Gasteiger partial charge in [0.1, 0.15) is 52.6 Å². The molecule has 10 aromatic rings. The van der Waals surface area contributed by atoms with Crippen LogP contribution >= 0.6 is 0 Å². The minimum atomic E-state index is -0.738. The molecule has 11 rings (SSSR count). The molecule has 8 bridgehead atoms. The maximum atomic E-state index is 12.4. The molecule has 12 nitrogen and oxygen atoms in total. The van der Waals surface area contributed by atoms with Crippen LogP contribution in [0.1, 0.15) is 300 Å². The minimum absolute atomic E-state index is 0.124. The molecule has 526 valence electrons. The quantitative estimate of drug-likeness (QED) is 0.0105. The number of nitrogens with zero attached hydrogens (tertiary/aromatic N) is 3. The van der Waals surface area contributed by atoms with E-state index in [0.717, 1.165) is 88.0 Å². The number of hydrogen-bond donors (Lipinski definition) is 8. The van der Waals surface area contributed by atoms with Crippen LogP contribution in [-0.2, 0) is 13.2 Å². The van der Waals surface area contributed by atoms with Gasteiger partial charge < -0.3 is 45.6 Å². The van der Waals surface area contributed by atoms with Gasteiger partial charge in [0, 0.05) is 99.0 Å². The normalized spacial score (nSPS) is 15.5. The van der Waals surface area contributed by atoms with Crippen LogP contribution in [0.15, 0.2) is 121 Å². The molecular weight excluding hydrogens is 1230 g/mol. The highest BCUT2D eigenvalue weighted by Crippen LogP contribution is 2.53. The van der Waals surface area contributed by atoms with Gasteiger partial charge >= 0.3 is 0 Å². The fourth-order valence-corrected chi connectivity index (χ4v) is 16.5. The maximum Gasteiger partial charge on any atom is 0.253 e. The van der Waals surface area contributed by atoms with Gasteiger partial charge in [-0.05, 0) is 105 Å². The molecule has 9 aromatic carbocycles. The van der Waals surface area contributed by atoms with E-state index in [0.29, 0.717) is 89.0 Å². The van der Waals surface area contributed by atoms with Crippen LogP contribution in [0.3, 0.4) is 0 Å². The number of rotatable bonds is 37. The zero-order chi connectivity index (χ0) is 69.2. The highest BCUT2D eigenvalue weighted by molar-refractivity contribution is 6.33. The largest absolute Gasteiger partial charge is 0.508 e. The van der Waals surface area contributed by atoms with Crippen LogP contribution in [-0.4, -0.2) is 55.8 Å². The molecule has 0 radical (unpaired) electrons. The topological polar surface area (TPSA) is 202 Å². The Bertz CT molecular complexity index is 4060. The molecule has 0 saturated heterocycles. The van der Waals surface area contributed by atoms with Crippen LogP contribution < -0.4 is 4.74 Å².